The van der Waals surface area contributed by atoms with Gasteiger partial charge in [0.25, 0.3) is 0 Å². The van der Waals surface area contributed by atoms with Crippen molar-refractivity contribution in [2.75, 3.05) is 0 Å². The third kappa shape index (κ3) is 3.75. The molecule has 2 aromatic rings. The molecule has 0 saturated carbocycles. The molecule has 0 aliphatic rings. The van der Waals surface area contributed by atoms with Gasteiger partial charge in [-0.15, -0.1) is 0 Å². The molecule has 0 N–H and O–H groups in total. The molecule has 1 aromatic heterocycles. The summed E-state index contributed by atoms with van der Waals surface area (Å²) in [5.74, 6) is 1.07. The smallest absolute Gasteiger partial charge is 0.161 e. The fourth-order valence-corrected chi connectivity index (χ4v) is 2.70. The minimum absolute atomic E-state index is 0.470. The van der Waals surface area contributed by atoms with Gasteiger partial charge in [0.1, 0.15) is 5.15 Å². The van der Waals surface area contributed by atoms with E-state index in [-0.39, 0.29) is 0 Å². The summed E-state index contributed by atoms with van der Waals surface area (Å²) in [4.78, 5) is 8.94. The second-order valence-electron chi connectivity index (χ2n) is 4.83. The van der Waals surface area contributed by atoms with E-state index in [2.05, 4.69) is 46.4 Å². The zero-order valence-electron chi connectivity index (χ0n) is 10.9. The largest absolute Gasteiger partial charge is 0.232 e. The van der Waals surface area contributed by atoms with Crippen molar-refractivity contribution in [2.45, 2.75) is 20.3 Å². The molecule has 1 aromatic carbocycles. The predicted octanol–water partition coefficient (Wildman–Crippen LogP) is 5.91. The van der Waals surface area contributed by atoms with Crippen LogP contribution in [0.2, 0.25) is 15.2 Å². The summed E-state index contributed by atoms with van der Waals surface area (Å²) < 4.78 is 0.904. The van der Waals surface area contributed by atoms with E-state index in [1.54, 1.807) is 12.1 Å². The van der Waals surface area contributed by atoms with Crippen molar-refractivity contribution >= 4 is 57.4 Å². The molecule has 0 unspecified atom stereocenters. The highest BCUT2D eigenvalue weighted by atomic mass is 127. The van der Waals surface area contributed by atoms with Gasteiger partial charge in [0, 0.05) is 5.56 Å². The van der Waals surface area contributed by atoms with Crippen LogP contribution in [0.1, 0.15) is 19.5 Å². The van der Waals surface area contributed by atoms with Crippen LogP contribution in [0.4, 0.5) is 0 Å². The quantitative estimate of drug-likeness (QED) is 0.437. The Morgan fingerprint density at radius 2 is 1.80 bits per heavy atom. The van der Waals surface area contributed by atoms with E-state index in [0.29, 0.717) is 26.9 Å². The highest BCUT2D eigenvalue weighted by molar-refractivity contribution is 14.1. The van der Waals surface area contributed by atoms with Crippen LogP contribution in [-0.2, 0) is 6.42 Å². The molecule has 2 rings (SSSR count). The van der Waals surface area contributed by atoms with E-state index >= 15 is 0 Å². The summed E-state index contributed by atoms with van der Waals surface area (Å²) in [6.45, 7) is 4.29. The monoisotopic (exact) mass is 440 g/mol. The second kappa shape index (κ2) is 6.77. The van der Waals surface area contributed by atoms with Crippen molar-refractivity contribution in [3.05, 3.63) is 42.7 Å². The van der Waals surface area contributed by atoms with Crippen molar-refractivity contribution in [3.63, 3.8) is 0 Å². The fraction of sp³-hybridized carbons (Fsp3) is 0.286. The molecule has 1 heterocycles. The SMILES string of the molecule is CC(C)Cc1nc(-c2ccc(Cl)c(Cl)c2)nc(Cl)c1I. The average molecular weight is 442 g/mol. The summed E-state index contributed by atoms with van der Waals surface area (Å²) in [7, 11) is 0. The van der Waals surface area contributed by atoms with E-state index in [9.17, 15) is 0 Å². The molecule has 6 heteroatoms. The maximum absolute atomic E-state index is 6.21. The van der Waals surface area contributed by atoms with Crippen LogP contribution in [0.3, 0.4) is 0 Å². The number of aromatic nitrogens is 2. The summed E-state index contributed by atoms with van der Waals surface area (Å²) in [6.07, 6.45) is 0.856. The maximum Gasteiger partial charge on any atom is 0.161 e. The highest BCUT2D eigenvalue weighted by Gasteiger charge is 2.14. The van der Waals surface area contributed by atoms with Crippen LogP contribution in [0, 0.1) is 9.49 Å². The molecular formula is C14H12Cl3IN2. The third-order valence-electron chi connectivity index (χ3n) is 2.66. The van der Waals surface area contributed by atoms with E-state index in [1.165, 1.54) is 0 Å². The molecule has 0 radical (unpaired) electrons. The van der Waals surface area contributed by atoms with Crippen LogP contribution in [-0.4, -0.2) is 9.97 Å². The first-order valence-electron chi connectivity index (χ1n) is 6.05. The summed E-state index contributed by atoms with van der Waals surface area (Å²) in [6, 6.07) is 5.32. The van der Waals surface area contributed by atoms with Crippen molar-refractivity contribution in [1.29, 1.82) is 0 Å². The maximum atomic E-state index is 6.21. The van der Waals surface area contributed by atoms with Crippen LogP contribution in [0.25, 0.3) is 11.4 Å². The molecule has 106 valence electrons. The van der Waals surface area contributed by atoms with Gasteiger partial charge in [-0.25, -0.2) is 9.97 Å². The molecule has 0 amide bonds. The lowest BCUT2D eigenvalue weighted by Crippen LogP contribution is -2.04. The number of rotatable bonds is 3. The zero-order chi connectivity index (χ0) is 14.9. The standard InChI is InChI=1S/C14H12Cl3IN2/c1-7(2)5-11-12(18)13(17)20-14(19-11)8-3-4-9(15)10(16)6-8/h3-4,6-7H,5H2,1-2H3. The number of hydrogen-bond donors (Lipinski definition) is 0. The topological polar surface area (TPSA) is 25.8 Å². The number of nitrogens with zero attached hydrogens (tertiary/aromatic N) is 2. The lowest BCUT2D eigenvalue weighted by atomic mass is 10.1. The minimum Gasteiger partial charge on any atom is -0.232 e. The second-order valence-corrected chi connectivity index (χ2v) is 7.08. The Hall–Kier alpha value is -0.100. The lowest BCUT2D eigenvalue weighted by molar-refractivity contribution is 0.632. The van der Waals surface area contributed by atoms with Crippen LogP contribution < -0.4 is 0 Å². The molecule has 0 saturated heterocycles. The van der Waals surface area contributed by atoms with Gasteiger partial charge in [-0.1, -0.05) is 48.7 Å². The van der Waals surface area contributed by atoms with Gasteiger partial charge in [-0.2, -0.15) is 0 Å². The predicted molar refractivity (Wildman–Crippen MR) is 93.8 cm³/mol. The first kappa shape index (κ1) is 16.3. The van der Waals surface area contributed by atoms with Gasteiger partial charge < -0.3 is 0 Å². The van der Waals surface area contributed by atoms with Gasteiger partial charge in [-0.05, 0) is 53.1 Å². The van der Waals surface area contributed by atoms with Crippen LogP contribution in [0.15, 0.2) is 18.2 Å². The molecule has 0 aliphatic heterocycles. The summed E-state index contributed by atoms with van der Waals surface area (Å²) >= 11 is 20.3. The molecule has 0 fully saturated rings. The third-order valence-corrected chi connectivity index (χ3v) is 5.12. The van der Waals surface area contributed by atoms with Crippen LogP contribution >= 0.6 is 57.4 Å². The Morgan fingerprint density at radius 1 is 1.10 bits per heavy atom. The molecule has 2 nitrogen and oxygen atoms in total. The number of halogens is 4. The zero-order valence-corrected chi connectivity index (χ0v) is 15.3. The molecular weight excluding hydrogens is 429 g/mol. The van der Waals surface area contributed by atoms with E-state index < -0.39 is 0 Å². The van der Waals surface area contributed by atoms with Crippen molar-refractivity contribution in [2.24, 2.45) is 5.92 Å². The molecule has 20 heavy (non-hydrogen) atoms. The Morgan fingerprint density at radius 3 is 2.40 bits per heavy atom. The van der Waals surface area contributed by atoms with Crippen molar-refractivity contribution in [3.8, 4) is 11.4 Å². The Balaban J connectivity index is 2.51. The normalized spacial score (nSPS) is 11.2. The average Bonchev–Trinajstić information content (AvgIpc) is 2.37. The summed E-state index contributed by atoms with van der Waals surface area (Å²) in [5.41, 5.74) is 1.77. The van der Waals surface area contributed by atoms with Gasteiger partial charge in [0.15, 0.2) is 5.82 Å². The van der Waals surface area contributed by atoms with Gasteiger partial charge in [0.2, 0.25) is 0 Å². The number of benzene rings is 1. The highest BCUT2D eigenvalue weighted by Crippen LogP contribution is 2.29. The minimum atomic E-state index is 0.470. The molecule has 0 spiro atoms. The first-order valence-corrected chi connectivity index (χ1v) is 8.27. The Labute approximate surface area is 147 Å². The van der Waals surface area contributed by atoms with E-state index in [1.807, 2.05) is 6.07 Å². The van der Waals surface area contributed by atoms with Crippen molar-refractivity contribution < 1.29 is 0 Å². The van der Waals surface area contributed by atoms with Crippen molar-refractivity contribution in [1.82, 2.24) is 9.97 Å². The lowest BCUT2D eigenvalue weighted by Gasteiger charge is -2.10. The van der Waals surface area contributed by atoms with E-state index in [4.69, 9.17) is 34.8 Å². The fourth-order valence-electron chi connectivity index (χ4n) is 1.75. The van der Waals surface area contributed by atoms with Crippen LogP contribution in [0.5, 0.6) is 0 Å². The van der Waals surface area contributed by atoms with Gasteiger partial charge in [-0.3, -0.25) is 0 Å². The van der Waals surface area contributed by atoms with Gasteiger partial charge in [0.05, 0.1) is 19.3 Å². The first-order chi connectivity index (χ1) is 9.38. The Bertz CT molecular complexity index is 645. The Kier molecular flexibility index (Phi) is 5.51. The molecule has 0 aliphatic carbocycles. The van der Waals surface area contributed by atoms with E-state index in [0.717, 1.165) is 21.2 Å². The van der Waals surface area contributed by atoms with Gasteiger partial charge >= 0.3 is 0 Å². The summed E-state index contributed by atoms with van der Waals surface area (Å²) in [5, 5.41) is 1.46. The molecule has 0 atom stereocenters. The molecule has 0 bridgehead atoms. The number of hydrogen-bond acceptors (Lipinski definition) is 2.